The third kappa shape index (κ3) is 4.37. The van der Waals surface area contributed by atoms with Crippen LogP contribution in [-0.2, 0) is 10.3 Å². The highest BCUT2D eigenvalue weighted by Gasteiger charge is 2.49. The van der Waals surface area contributed by atoms with Gasteiger partial charge in [-0.2, -0.15) is 0 Å². The average Bonchev–Trinajstić information content (AvgIpc) is 2.53. The van der Waals surface area contributed by atoms with E-state index in [4.69, 9.17) is 4.74 Å². The van der Waals surface area contributed by atoms with Gasteiger partial charge in [-0.05, 0) is 57.9 Å². The summed E-state index contributed by atoms with van der Waals surface area (Å²) in [4.78, 5) is 15.0. The molecule has 140 valence electrons. The summed E-state index contributed by atoms with van der Waals surface area (Å²) in [5.41, 5.74) is 0.418. The van der Waals surface area contributed by atoms with E-state index < -0.39 is 5.60 Å². The molecule has 0 N–H and O–H groups in total. The van der Waals surface area contributed by atoms with Gasteiger partial charge in [0.2, 0.25) is 0 Å². The van der Waals surface area contributed by atoms with Crippen LogP contribution in [-0.4, -0.2) is 23.1 Å². The van der Waals surface area contributed by atoms with E-state index in [1.807, 2.05) is 31.7 Å². The molecule has 1 aliphatic heterocycles. The summed E-state index contributed by atoms with van der Waals surface area (Å²) in [6.07, 6.45) is 4.37. The summed E-state index contributed by atoms with van der Waals surface area (Å²) in [6.45, 7) is 13.4. The highest BCUT2D eigenvalue weighted by atomic mass is 16.6. The van der Waals surface area contributed by atoms with Gasteiger partial charge in [-0.15, -0.1) is 0 Å². The molecule has 0 saturated carbocycles. The second kappa shape index (κ2) is 7.80. The Balaban J connectivity index is 2.44. The Hall–Kier alpha value is -1.51. The van der Waals surface area contributed by atoms with Crippen molar-refractivity contribution in [2.45, 2.75) is 78.4 Å². The summed E-state index contributed by atoms with van der Waals surface area (Å²) in [5, 5.41) is 0. The van der Waals surface area contributed by atoms with E-state index in [1.54, 1.807) is 0 Å². The van der Waals surface area contributed by atoms with Crippen molar-refractivity contribution in [1.29, 1.82) is 0 Å². The van der Waals surface area contributed by atoms with E-state index in [-0.39, 0.29) is 11.6 Å². The smallest absolute Gasteiger partial charge is 0.411 e. The fraction of sp³-hybridized carbons (Fsp3) is 0.682. The Bertz CT molecular complexity index is 563. The van der Waals surface area contributed by atoms with Crippen molar-refractivity contribution in [1.82, 2.24) is 4.90 Å². The van der Waals surface area contributed by atoms with Crippen LogP contribution >= 0.6 is 0 Å². The summed E-state index contributed by atoms with van der Waals surface area (Å²) in [5.74, 6) is 1.03. The molecule has 0 aliphatic carbocycles. The number of ether oxygens (including phenoxy) is 1. The maximum absolute atomic E-state index is 13.0. The van der Waals surface area contributed by atoms with Gasteiger partial charge in [0.15, 0.2) is 0 Å². The van der Waals surface area contributed by atoms with Crippen molar-refractivity contribution >= 4 is 6.09 Å². The summed E-state index contributed by atoms with van der Waals surface area (Å²) in [7, 11) is 0. The molecule has 0 unspecified atom stereocenters. The van der Waals surface area contributed by atoms with Crippen molar-refractivity contribution in [2.75, 3.05) is 6.54 Å². The zero-order chi connectivity index (χ0) is 18.7. The van der Waals surface area contributed by atoms with Crippen molar-refractivity contribution < 1.29 is 9.53 Å². The first-order valence-corrected chi connectivity index (χ1v) is 9.76. The summed E-state index contributed by atoms with van der Waals surface area (Å²) >= 11 is 0. The number of benzene rings is 1. The van der Waals surface area contributed by atoms with E-state index in [9.17, 15) is 4.79 Å². The second-order valence-electron chi connectivity index (χ2n) is 8.66. The molecule has 25 heavy (non-hydrogen) atoms. The number of amides is 1. The Kier molecular flexibility index (Phi) is 6.18. The van der Waals surface area contributed by atoms with Gasteiger partial charge in [-0.3, -0.25) is 4.90 Å². The summed E-state index contributed by atoms with van der Waals surface area (Å²) in [6, 6.07) is 10.5. The number of rotatable bonds is 4. The molecule has 1 aliphatic rings. The first-order valence-electron chi connectivity index (χ1n) is 9.76. The molecule has 0 bridgehead atoms. The van der Waals surface area contributed by atoms with Gasteiger partial charge in [-0.1, -0.05) is 57.0 Å². The van der Waals surface area contributed by atoms with Crippen LogP contribution in [0.1, 0.15) is 72.8 Å². The minimum atomic E-state index is -0.476. The van der Waals surface area contributed by atoms with Crippen LogP contribution in [0.25, 0.3) is 0 Å². The number of nitrogens with zero attached hydrogens (tertiary/aromatic N) is 1. The lowest BCUT2D eigenvalue weighted by Crippen LogP contribution is -2.58. The van der Waals surface area contributed by atoms with Gasteiger partial charge >= 0.3 is 6.09 Å². The van der Waals surface area contributed by atoms with E-state index >= 15 is 0 Å². The maximum Gasteiger partial charge on any atom is 0.411 e. The van der Waals surface area contributed by atoms with Crippen LogP contribution < -0.4 is 0 Å². The van der Waals surface area contributed by atoms with Crippen LogP contribution in [0.3, 0.4) is 0 Å². The molecular weight excluding hydrogens is 310 g/mol. The quantitative estimate of drug-likeness (QED) is 0.671. The minimum Gasteiger partial charge on any atom is -0.444 e. The average molecular weight is 346 g/mol. The van der Waals surface area contributed by atoms with E-state index in [2.05, 4.69) is 45.0 Å². The van der Waals surface area contributed by atoms with Crippen LogP contribution in [0.2, 0.25) is 0 Å². The standard InChI is InChI=1S/C22H35NO2/c1-7-8-14-19-17(2)15-16-23(20(24)25-21(3,4)5)22(19,6)18-12-10-9-11-13-18/h9-13,17,19H,7-8,14-16H2,1-6H3/t17-,19+,22-/m1/s1. The van der Waals surface area contributed by atoms with Crippen molar-refractivity contribution in [3.8, 4) is 0 Å². The van der Waals surface area contributed by atoms with Crippen LogP contribution in [0, 0.1) is 11.8 Å². The molecule has 0 spiro atoms. The number of piperidine rings is 1. The summed E-state index contributed by atoms with van der Waals surface area (Å²) < 4.78 is 5.77. The number of likely N-dealkylation sites (tertiary alicyclic amines) is 1. The third-order valence-corrected chi connectivity index (χ3v) is 5.62. The van der Waals surface area contributed by atoms with E-state index in [0.717, 1.165) is 19.4 Å². The second-order valence-corrected chi connectivity index (χ2v) is 8.66. The van der Waals surface area contributed by atoms with Crippen molar-refractivity contribution in [3.05, 3.63) is 35.9 Å². The van der Waals surface area contributed by atoms with E-state index in [0.29, 0.717) is 11.8 Å². The molecule has 2 rings (SSSR count). The number of carbonyl (C=O) groups is 1. The first kappa shape index (κ1) is 19.8. The highest BCUT2D eigenvalue weighted by molar-refractivity contribution is 5.70. The first-order chi connectivity index (χ1) is 11.7. The Morgan fingerprint density at radius 2 is 1.92 bits per heavy atom. The minimum absolute atomic E-state index is 0.188. The topological polar surface area (TPSA) is 29.5 Å². The normalized spacial score (nSPS) is 27.2. The molecule has 1 heterocycles. The van der Waals surface area contributed by atoms with E-state index in [1.165, 1.54) is 18.4 Å². The molecule has 3 nitrogen and oxygen atoms in total. The molecule has 1 amide bonds. The highest BCUT2D eigenvalue weighted by Crippen LogP contribution is 2.47. The van der Waals surface area contributed by atoms with Crippen LogP contribution in [0.15, 0.2) is 30.3 Å². The number of carbonyl (C=O) groups excluding carboxylic acids is 1. The van der Waals surface area contributed by atoms with Gasteiger partial charge in [-0.25, -0.2) is 4.79 Å². The molecule has 1 saturated heterocycles. The van der Waals surface area contributed by atoms with Gasteiger partial charge in [0.05, 0.1) is 5.54 Å². The SMILES string of the molecule is CCCC[C@H]1[C@H](C)CCN(C(=O)OC(C)(C)C)[C@]1(C)c1ccccc1. The van der Waals surface area contributed by atoms with Gasteiger partial charge in [0.25, 0.3) is 0 Å². The number of hydrogen-bond acceptors (Lipinski definition) is 2. The van der Waals surface area contributed by atoms with Crippen molar-refractivity contribution in [3.63, 3.8) is 0 Å². The third-order valence-electron chi connectivity index (χ3n) is 5.62. The Labute approximate surface area is 153 Å². The molecule has 1 fully saturated rings. The lowest BCUT2D eigenvalue weighted by molar-refractivity contribution is -0.0511. The van der Waals surface area contributed by atoms with Gasteiger partial charge in [0, 0.05) is 6.54 Å². The maximum atomic E-state index is 13.0. The largest absolute Gasteiger partial charge is 0.444 e. The zero-order valence-electron chi connectivity index (χ0n) is 16.8. The molecule has 1 aromatic rings. The number of unbranched alkanes of at least 4 members (excludes halogenated alkanes) is 1. The molecule has 0 aromatic heterocycles. The predicted molar refractivity (Wildman–Crippen MR) is 104 cm³/mol. The Morgan fingerprint density at radius 3 is 2.48 bits per heavy atom. The predicted octanol–water partition coefficient (Wildman–Crippen LogP) is 5.99. The fourth-order valence-corrected chi connectivity index (χ4v) is 4.25. The van der Waals surface area contributed by atoms with Crippen LogP contribution in [0.5, 0.6) is 0 Å². The lowest BCUT2D eigenvalue weighted by Gasteiger charge is -2.53. The monoisotopic (exact) mass is 345 g/mol. The molecule has 3 heteroatoms. The van der Waals surface area contributed by atoms with Crippen LogP contribution in [0.4, 0.5) is 4.79 Å². The molecule has 1 aromatic carbocycles. The van der Waals surface area contributed by atoms with Crippen molar-refractivity contribution in [2.24, 2.45) is 11.8 Å². The lowest BCUT2D eigenvalue weighted by atomic mass is 9.66. The molecule has 0 radical (unpaired) electrons. The van der Waals surface area contributed by atoms with Gasteiger partial charge in [0.1, 0.15) is 5.60 Å². The Morgan fingerprint density at radius 1 is 1.28 bits per heavy atom. The zero-order valence-corrected chi connectivity index (χ0v) is 16.8. The fourth-order valence-electron chi connectivity index (χ4n) is 4.25. The number of hydrogen-bond donors (Lipinski definition) is 0. The molecule has 3 atom stereocenters. The molecular formula is C22H35NO2. The van der Waals surface area contributed by atoms with Gasteiger partial charge < -0.3 is 4.74 Å².